The Kier molecular flexibility index (Phi) is 6.18. The number of carbonyl (C=O) groups is 2. The molecule has 0 saturated carbocycles. The van der Waals surface area contributed by atoms with Gasteiger partial charge in [0.05, 0.1) is 12.0 Å². The van der Waals surface area contributed by atoms with Crippen molar-refractivity contribution in [3.05, 3.63) is 76.4 Å². The quantitative estimate of drug-likeness (QED) is 0.575. The van der Waals surface area contributed by atoms with Gasteiger partial charge in [0.2, 0.25) is 9.84 Å². The fraction of sp³-hybridized carbons (Fsp3) is 0.250. The zero-order valence-electron chi connectivity index (χ0n) is 18.7. The summed E-state index contributed by atoms with van der Waals surface area (Å²) in [6.45, 7) is 2.16. The summed E-state index contributed by atoms with van der Waals surface area (Å²) >= 11 is 0. The number of hydrogen-bond acceptors (Lipinski definition) is 5. The molecule has 0 atom stereocenters. The van der Waals surface area contributed by atoms with Crippen LogP contribution >= 0.6 is 0 Å². The molecule has 3 N–H and O–H groups in total. The molecule has 0 saturated heterocycles. The molecule has 1 aliphatic heterocycles. The molecule has 3 aromatic rings. The van der Waals surface area contributed by atoms with E-state index >= 15 is 0 Å². The first-order chi connectivity index (χ1) is 16.1. The third-order valence-electron chi connectivity index (χ3n) is 5.96. The van der Waals surface area contributed by atoms with E-state index in [1.54, 1.807) is 12.0 Å². The number of nitrogens with two attached hydrogens (primary N) is 1. The summed E-state index contributed by atoms with van der Waals surface area (Å²) in [6.07, 6.45) is 1.49. The fourth-order valence-electron chi connectivity index (χ4n) is 4.25. The third-order valence-corrected chi connectivity index (χ3v) is 7.89. The second kappa shape index (κ2) is 8.94. The molecule has 178 valence electrons. The maximum absolute atomic E-state index is 13.7. The van der Waals surface area contributed by atoms with Gasteiger partial charge in [0.25, 0.3) is 11.8 Å². The Labute approximate surface area is 196 Å². The molecule has 4 rings (SSSR count). The number of aromatic nitrogens is 1. The lowest BCUT2D eigenvalue weighted by Gasteiger charge is -2.21. The average Bonchev–Trinajstić information content (AvgIpc) is 3.02. The molecule has 2 amide bonds. The summed E-state index contributed by atoms with van der Waals surface area (Å²) in [6, 6.07) is 10.1. The largest absolute Gasteiger partial charge is 0.497 e. The highest BCUT2D eigenvalue weighted by atomic mass is 32.2. The first kappa shape index (κ1) is 23.5. The van der Waals surface area contributed by atoms with Crippen LogP contribution in [0, 0.1) is 12.7 Å². The van der Waals surface area contributed by atoms with Crippen molar-refractivity contribution < 1.29 is 27.1 Å². The number of aryl methyl sites for hydroxylation is 1. The third kappa shape index (κ3) is 4.16. The second-order valence-corrected chi connectivity index (χ2v) is 10.0. The lowest BCUT2D eigenvalue weighted by Crippen LogP contribution is -2.31. The van der Waals surface area contributed by atoms with Gasteiger partial charge in [-0.2, -0.15) is 0 Å². The smallest absolute Gasteiger partial charge is 0.270 e. The number of carbonyl (C=O) groups excluding carboxylic acids is 2. The Morgan fingerprint density at radius 2 is 1.88 bits per heavy atom. The number of methoxy groups -OCH3 is 1. The van der Waals surface area contributed by atoms with E-state index in [-0.39, 0.29) is 16.2 Å². The molecule has 0 aliphatic carbocycles. The molecule has 8 nitrogen and oxygen atoms in total. The minimum atomic E-state index is -4.34. The van der Waals surface area contributed by atoms with Crippen LogP contribution in [0.15, 0.2) is 52.3 Å². The van der Waals surface area contributed by atoms with E-state index in [1.165, 1.54) is 19.1 Å². The molecular weight excluding hydrogens is 461 g/mol. The minimum Gasteiger partial charge on any atom is -0.497 e. The Bertz CT molecular complexity index is 1400. The zero-order valence-corrected chi connectivity index (χ0v) is 19.5. The van der Waals surface area contributed by atoms with Crippen molar-refractivity contribution in [2.75, 3.05) is 13.7 Å². The van der Waals surface area contributed by atoms with E-state index < -0.39 is 38.1 Å². The maximum Gasteiger partial charge on any atom is 0.270 e. The lowest BCUT2D eigenvalue weighted by atomic mass is 10.0. The van der Waals surface area contributed by atoms with Crippen LogP contribution in [-0.4, -0.2) is 43.8 Å². The summed E-state index contributed by atoms with van der Waals surface area (Å²) < 4.78 is 45.6. The molecule has 0 unspecified atom stereocenters. The van der Waals surface area contributed by atoms with Gasteiger partial charge in [0.1, 0.15) is 27.9 Å². The van der Waals surface area contributed by atoms with Gasteiger partial charge in [0, 0.05) is 13.1 Å². The van der Waals surface area contributed by atoms with E-state index in [0.717, 1.165) is 29.7 Å². The van der Waals surface area contributed by atoms with Crippen LogP contribution in [0.4, 0.5) is 4.39 Å². The summed E-state index contributed by atoms with van der Waals surface area (Å²) in [5.74, 6) is -1.58. The van der Waals surface area contributed by atoms with Crippen LogP contribution in [-0.2, 0) is 22.8 Å². The van der Waals surface area contributed by atoms with E-state index in [1.807, 2.05) is 18.2 Å². The van der Waals surface area contributed by atoms with Crippen molar-refractivity contribution in [3.8, 4) is 5.75 Å². The van der Waals surface area contributed by atoms with Crippen LogP contribution in [0.3, 0.4) is 0 Å². The number of nitrogens with zero attached hydrogens (tertiary/aromatic N) is 1. The highest BCUT2D eigenvalue weighted by molar-refractivity contribution is 7.91. The molecule has 0 fully saturated rings. The SMILES string of the molecule is COc1ccc2c(c1)CN(C(=O)c1[nH]c(C(N)=O)c(S(=O)(=O)c3cccc(F)c3)c1C)CCC2. The van der Waals surface area contributed by atoms with Crippen molar-refractivity contribution in [1.82, 2.24) is 9.88 Å². The number of halogens is 1. The number of primary amides is 1. The van der Waals surface area contributed by atoms with Crippen LogP contribution < -0.4 is 10.5 Å². The Morgan fingerprint density at radius 1 is 1.12 bits per heavy atom. The predicted octanol–water partition coefficient (Wildman–Crippen LogP) is 2.99. The summed E-state index contributed by atoms with van der Waals surface area (Å²) in [5.41, 5.74) is 7.08. The van der Waals surface area contributed by atoms with E-state index in [2.05, 4.69) is 4.98 Å². The van der Waals surface area contributed by atoms with E-state index in [4.69, 9.17) is 10.5 Å². The Hall–Kier alpha value is -3.66. The van der Waals surface area contributed by atoms with Gasteiger partial charge in [0.15, 0.2) is 0 Å². The molecular formula is C24H24FN3O5S. The first-order valence-corrected chi connectivity index (χ1v) is 12.1. The van der Waals surface area contributed by atoms with Crippen molar-refractivity contribution in [2.24, 2.45) is 5.73 Å². The molecule has 2 aromatic carbocycles. The van der Waals surface area contributed by atoms with Crippen LogP contribution in [0.1, 0.15) is 44.1 Å². The number of rotatable bonds is 5. The molecule has 10 heteroatoms. The average molecular weight is 486 g/mol. The number of hydrogen-bond donors (Lipinski definition) is 2. The molecule has 1 aliphatic rings. The number of H-pyrrole nitrogens is 1. The molecule has 0 radical (unpaired) electrons. The van der Waals surface area contributed by atoms with Gasteiger partial charge >= 0.3 is 0 Å². The van der Waals surface area contributed by atoms with Crippen molar-refractivity contribution in [1.29, 1.82) is 0 Å². The molecule has 0 bridgehead atoms. The normalized spacial score (nSPS) is 13.8. The van der Waals surface area contributed by atoms with Gasteiger partial charge in [-0.1, -0.05) is 12.1 Å². The molecule has 0 spiro atoms. The predicted molar refractivity (Wildman–Crippen MR) is 122 cm³/mol. The standard InChI is InChI=1S/C24H24FN3O5S/c1-14-20(24(30)28-10-4-5-15-8-9-18(33-2)11-16(15)13-28)27-21(23(26)29)22(14)34(31,32)19-7-3-6-17(25)12-19/h3,6-9,11-12,27H,4-5,10,13H2,1-2H3,(H2,26,29). The number of ether oxygens (including phenoxy) is 1. The van der Waals surface area contributed by atoms with Crippen LogP contribution in [0.2, 0.25) is 0 Å². The van der Waals surface area contributed by atoms with E-state index in [0.29, 0.717) is 25.3 Å². The van der Waals surface area contributed by atoms with Crippen molar-refractivity contribution in [2.45, 2.75) is 36.1 Å². The van der Waals surface area contributed by atoms with Gasteiger partial charge in [-0.3, -0.25) is 9.59 Å². The molecule has 1 aromatic heterocycles. The monoisotopic (exact) mass is 485 g/mol. The van der Waals surface area contributed by atoms with Gasteiger partial charge in [-0.15, -0.1) is 0 Å². The van der Waals surface area contributed by atoms with Crippen LogP contribution in [0.25, 0.3) is 0 Å². The number of sulfone groups is 1. The highest BCUT2D eigenvalue weighted by Crippen LogP contribution is 2.31. The number of aromatic amines is 1. The number of nitrogens with one attached hydrogen (secondary N) is 1. The number of benzene rings is 2. The summed E-state index contributed by atoms with van der Waals surface area (Å²) in [7, 11) is -2.77. The second-order valence-electron chi connectivity index (χ2n) is 8.12. The van der Waals surface area contributed by atoms with Gasteiger partial charge in [-0.05, 0) is 66.8 Å². The molecule has 2 heterocycles. The van der Waals surface area contributed by atoms with E-state index in [9.17, 15) is 22.4 Å². The van der Waals surface area contributed by atoms with Crippen LogP contribution in [0.5, 0.6) is 5.75 Å². The highest BCUT2D eigenvalue weighted by Gasteiger charge is 2.33. The van der Waals surface area contributed by atoms with Gasteiger partial charge < -0.3 is 20.4 Å². The fourth-order valence-corrected chi connectivity index (χ4v) is 5.94. The minimum absolute atomic E-state index is 0.0462. The zero-order chi connectivity index (χ0) is 24.6. The van der Waals surface area contributed by atoms with Crippen molar-refractivity contribution >= 4 is 21.7 Å². The summed E-state index contributed by atoms with van der Waals surface area (Å²) in [4.78, 5) is 29.1. The topological polar surface area (TPSA) is 123 Å². The van der Waals surface area contributed by atoms with Crippen molar-refractivity contribution in [3.63, 3.8) is 0 Å². The number of amides is 2. The summed E-state index contributed by atoms with van der Waals surface area (Å²) in [5, 5.41) is 0. The number of fused-ring (bicyclic) bond motifs is 1. The first-order valence-electron chi connectivity index (χ1n) is 10.6. The van der Waals surface area contributed by atoms with Gasteiger partial charge in [-0.25, -0.2) is 12.8 Å². The lowest BCUT2D eigenvalue weighted by molar-refractivity contribution is 0.0739. The Balaban J connectivity index is 1.77. The Morgan fingerprint density at radius 3 is 2.56 bits per heavy atom. The maximum atomic E-state index is 13.7. The molecule has 34 heavy (non-hydrogen) atoms.